The summed E-state index contributed by atoms with van der Waals surface area (Å²) in [4.78, 5) is 19.4. The molecule has 2 aliphatic rings. The minimum Gasteiger partial charge on any atom is -0.374 e. The Bertz CT molecular complexity index is 1230. The number of carbonyl (C=O) groups is 1. The van der Waals surface area contributed by atoms with Gasteiger partial charge in [-0.1, -0.05) is 34.4 Å². The van der Waals surface area contributed by atoms with Crippen molar-refractivity contribution < 1.29 is 27.2 Å². The van der Waals surface area contributed by atoms with E-state index in [4.69, 9.17) is 33.3 Å². The van der Waals surface area contributed by atoms with Crippen molar-refractivity contribution in [3.05, 3.63) is 68.4 Å². The van der Waals surface area contributed by atoms with Gasteiger partial charge in [0.15, 0.2) is 5.82 Å². The van der Waals surface area contributed by atoms with Crippen LogP contribution in [0.4, 0.5) is 17.6 Å². The molecule has 0 radical (unpaired) electrons. The zero-order chi connectivity index (χ0) is 25.5. The van der Waals surface area contributed by atoms with Crippen molar-refractivity contribution in [1.82, 2.24) is 4.90 Å². The van der Waals surface area contributed by atoms with Crippen molar-refractivity contribution in [2.45, 2.75) is 38.0 Å². The lowest BCUT2D eigenvalue weighted by molar-refractivity contribution is -0.275. The van der Waals surface area contributed by atoms with E-state index in [0.717, 1.165) is 25.0 Å². The van der Waals surface area contributed by atoms with Crippen LogP contribution >= 0.6 is 23.2 Å². The minimum atomic E-state index is -4.92. The van der Waals surface area contributed by atoms with E-state index in [1.54, 1.807) is 13.0 Å². The number of hydrogen-bond acceptors (Lipinski definition) is 4. The summed E-state index contributed by atoms with van der Waals surface area (Å²) in [5, 5.41) is 11.6. The summed E-state index contributed by atoms with van der Waals surface area (Å²) in [5.74, 6) is -0.954. The van der Waals surface area contributed by atoms with Crippen LogP contribution in [0.5, 0.6) is 0 Å². The van der Waals surface area contributed by atoms with Crippen LogP contribution in [-0.4, -0.2) is 35.8 Å². The maximum Gasteiger partial charge on any atom is 0.435 e. The first-order chi connectivity index (χ1) is 16.5. The Hall–Kier alpha value is -2.83. The molecule has 5 nitrogen and oxygen atoms in total. The van der Waals surface area contributed by atoms with Crippen LogP contribution in [-0.2, 0) is 10.4 Å². The molecule has 0 aromatic heterocycles. The molecule has 184 valence electrons. The molecular weight excluding hydrogens is 509 g/mol. The molecule has 1 atom stereocenters. The number of amides is 1. The fraction of sp³-hybridized carbons (Fsp3) is 0.375. The molecule has 1 fully saturated rings. The number of rotatable bonds is 6. The van der Waals surface area contributed by atoms with E-state index in [1.807, 2.05) is 6.07 Å². The quantitative estimate of drug-likeness (QED) is 0.248. The van der Waals surface area contributed by atoms with Crippen LogP contribution in [0.3, 0.4) is 0 Å². The molecule has 2 aromatic carbocycles. The second-order valence-electron chi connectivity index (χ2n) is 8.70. The maximum absolute atomic E-state index is 14.2. The van der Waals surface area contributed by atoms with Gasteiger partial charge in [0.1, 0.15) is 6.54 Å². The van der Waals surface area contributed by atoms with E-state index in [1.165, 1.54) is 17.0 Å². The highest BCUT2D eigenvalue weighted by molar-refractivity contribution is 6.35. The molecule has 4 rings (SSSR count). The Kier molecular flexibility index (Phi) is 6.73. The zero-order valence-corrected chi connectivity index (χ0v) is 19.9. The Balaban J connectivity index is 1.62. The van der Waals surface area contributed by atoms with Gasteiger partial charge in [-0.05, 0) is 61.1 Å². The Morgan fingerprint density at radius 2 is 1.91 bits per heavy atom. The summed E-state index contributed by atoms with van der Waals surface area (Å²) in [6.07, 6.45) is -3.60. The van der Waals surface area contributed by atoms with Crippen molar-refractivity contribution in [2.24, 2.45) is 11.1 Å². The highest BCUT2D eigenvalue weighted by Gasteiger charge is 2.62. The summed E-state index contributed by atoms with van der Waals surface area (Å²) in [5.41, 5.74) is -2.18. The van der Waals surface area contributed by atoms with Gasteiger partial charge < -0.3 is 9.74 Å². The Morgan fingerprint density at radius 1 is 1.26 bits per heavy atom. The molecule has 0 spiro atoms. The molecule has 1 saturated carbocycles. The molecule has 35 heavy (non-hydrogen) atoms. The van der Waals surface area contributed by atoms with Gasteiger partial charge in [0.25, 0.3) is 11.5 Å². The lowest BCUT2D eigenvalue weighted by Gasteiger charge is -2.29. The number of halogens is 6. The van der Waals surface area contributed by atoms with E-state index >= 15 is 0 Å². The van der Waals surface area contributed by atoms with E-state index in [2.05, 4.69) is 5.16 Å². The molecule has 1 aliphatic carbocycles. The molecule has 2 aromatic rings. The number of carbonyl (C=O) groups excluding carboxylic acids is 1. The van der Waals surface area contributed by atoms with Gasteiger partial charge in [0.2, 0.25) is 0 Å². The number of hydrogen-bond donors (Lipinski definition) is 0. The fourth-order valence-electron chi connectivity index (χ4n) is 4.02. The second kappa shape index (κ2) is 9.32. The van der Waals surface area contributed by atoms with E-state index in [0.29, 0.717) is 29.2 Å². The molecule has 0 bridgehead atoms. The number of nitriles is 1. The van der Waals surface area contributed by atoms with Gasteiger partial charge >= 0.3 is 6.18 Å². The number of benzene rings is 2. The molecule has 1 amide bonds. The fourth-order valence-corrected chi connectivity index (χ4v) is 4.50. The second-order valence-corrected chi connectivity index (χ2v) is 9.52. The van der Waals surface area contributed by atoms with Crippen LogP contribution in [0, 0.1) is 30.0 Å². The first kappa shape index (κ1) is 25.3. The van der Waals surface area contributed by atoms with E-state index in [9.17, 15) is 22.4 Å². The molecule has 0 N–H and O–H groups in total. The van der Waals surface area contributed by atoms with Crippen molar-refractivity contribution >= 4 is 34.8 Å². The SMILES string of the molecule is Cc1cc(C2=NOC(c3cc(Cl)c(F)c(Cl)c3)(C(F)(F)F)C2)ccc1C(=O)N(CC#N)CC1CC1. The standard InChI is InChI=1S/C24H19Cl2F4N3O2/c1-13-8-15(4-5-17(13)22(34)33(7-6-31)12-14-2-3-14)20-11-23(35-32-20,24(28,29)30)16-9-18(25)21(27)19(26)10-16/h4-5,8-10,14H,2-3,7,11-12H2,1H3. The average molecular weight is 528 g/mol. The smallest absolute Gasteiger partial charge is 0.374 e. The third kappa shape index (κ3) is 4.82. The lowest BCUT2D eigenvalue weighted by Crippen LogP contribution is -2.42. The summed E-state index contributed by atoms with van der Waals surface area (Å²) in [6, 6.07) is 8.19. The van der Waals surface area contributed by atoms with Gasteiger partial charge in [-0.25, -0.2) is 4.39 Å². The first-order valence-electron chi connectivity index (χ1n) is 10.7. The van der Waals surface area contributed by atoms with Crippen LogP contribution in [0.1, 0.15) is 46.3 Å². The van der Waals surface area contributed by atoms with Crippen LogP contribution in [0.15, 0.2) is 35.5 Å². The molecule has 0 saturated heterocycles. The monoisotopic (exact) mass is 527 g/mol. The molecule has 1 aliphatic heterocycles. The highest BCUT2D eigenvalue weighted by Crippen LogP contribution is 2.50. The predicted molar refractivity (Wildman–Crippen MR) is 122 cm³/mol. The average Bonchev–Trinajstić information content (AvgIpc) is 3.48. The topological polar surface area (TPSA) is 65.7 Å². The zero-order valence-electron chi connectivity index (χ0n) is 18.4. The number of alkyl halides is 3. The van der Waals surface area contributed by atoms with Crippen molar-refractivity contribution in [3.8, 4) is 6.07 Å². The van der Waals surface area contributed by atoms with Gasteiger partial charge in [0, 0.05) is 24.1 Å². The third-order valence-electron chi connectivity index (χ3n) is 6.15. The normalized spacial score (nSPS) is 19.7. The summed E-state index contributed by atoms with van der Waals surface area (Å²) < 4.78 is 56.5. The minimum absolute atomic E-state index is 0.00662. The van der Waals surface area contributed by atoms with Crippen LogP contribution < -0.4 is 0 Å². The summed E-state index contributed by atoms with van der Waals surface area (Å²) in [6.45, 7) is 2.10. The van der Waals surface area contributed by atoms with Gasteiger partial charge in [-0.15, -0.1) is 0 Å². The maximum atomic E-state index is 14.2. The highest BCUT2D eigenvalue weighted by atomic mass is 35.5. The number of nitrogens with zero attached hydrogens (tertiary/aromatic N) is 3. The Labute approximate surface area is 208 Å². The van der Waals surface area contributed by atoms with E-state index in [-0.39, 0.29) is 18.2 Å². The molecule has 1 heterocycles. The summed E-state index contributed by atoms with van der Waals surface area (Å²) >= 11 is 11.5. The Morgan fingerprint density at radius 3 is 2.46 bits per heavy atom. The summed E-state index contributed by atoms with van der Waals surface area (Å²) in [7, 11) is 0. The predicted octanol–water partition coefficient (Wildman–Crippen LogP) is 6.40. The number of oxime groups is 1. The van der Waals surface area contributed by atoms with Crippen molar-refractivity contribution in [3.63, 3.8) is 0 Å². The molecule has 1 unspecified atom stereocenters. The van der Waals surface area contributed by atoms with Gasteiger partial charge in [0.05, 0.1) is 21.8 Å². The lowest BCUT2D eigenvalue weighted by atomic mass is 9.86. The van der Waals surface area contributed by atoms with Crippen LogP contribution in [0.2, 0.25) is 10.0 Å². The van der Waals surface area contributed by atoms with Crippen LogP contribution in [0.25, 0.3) is 0 Å². The van der Waals surface area contributed by atoms with Gasteiger partial charge in [-0.2, -0.15) is 18.4 Å². The molecule has 11 heteroatoms. The largest absolute Gasteiger partial charge is 0.435 e. The molecular formula is C24H19Cl2F4N3O2. The van der Waals surface area contributed by atoms with Crippen molar-refractivity contribution in [2.75, 3.05) is 13.1 Å². The third-order valence-corrected chi connectivity index (χ3v) is 6.70. The van der Waals surface area contributed by atoms with Gasteiger partial charge in [-0.3, -0.25) is 4.79 Å². The first-order valence-corrected chi connectivity index (χ1v) is 11.5. The number of aryl methyl sites for hydroxylation is 1. The van der Waals surface area contributed by atoms with Crippen molar-refractivity contribution in [1.29, 1.82) is 5.26 Å². The van der Waals surface area contributed by atoms with E-state index < -0.39 is 39.6 Å².